The maximum atomic E-state index is 13.0. The Morgan fingerprint density at radius 1 is 1.25 bits per heavy atom. The number of imidazole rings is 1. The number of hydrogen-bond donors (Lipinski definition) is 1. The number of carbonyl (C=O) groups excluding carboxylic acids is 1. The smallest absolute Gasteiger partial charge is 0.420 e. The SMILES string of the molecule is COC(=O)NS(=O)(=O)c1sc(CC(C)C)c(C)c1-c1ccc(Cn2ccnc2C)c(C)c1. The molecule has 0 spiro atoms. The summed E-state index contributed by atoms with van der Waals surface area (Å²) in [5, 5.41) is 0. The molecule has 0 saturated carbocycles. The van der Waals surface area contributed by atoms with E-state index in [0.29, 0.717) is 18.0 Å². The molecule has 0 fully saturated rings. The molecular weight excluding hydrogens is 446 g/mol. The average molecular weight is 476 g/mol. The molecule has 1 amide bonds. The van der Waals surface area contributed by atoms with Gasteiger partial charge in [-0.1, -0.05) is 32.0 Å². The van der Waals surface area contributed by atoms with Gasteiger partial charge in [-0.05, 0) is 55.4 Å². The molecule has 9 heteroatoms. The highest BCUT2D eigenvalue weighted by atomic mass is 32.2. The maximum Gasteiger partial charge on any atom is 0.420 e. The molecule has 0 radical (unpaired) electrons. The van der Waals surface area contributed by atoms with Crippen LogP contribution in [0.5, 0.6) is 0 Å². The number of thiophene rings is 1. The van der Waals surface area contributed by atoms with Crippen LogP contribution in [0.25, 0.3) is 11.1 Å². The highest BCUT2D eigenvalue weighted by Crippen LogP contribution is 2.41. The molecule has 0 bridgehead atoms. The van der Waals surface area contributed by atoms with Gasteiger partial charge in [0.05, 0.1) is 7.11 Å². The van der Waals surface area contributed by atoms with Crippen molar-refractivity contribution in [3.05, 3.63) is 58.0 Å². The Morgan fingerprint density at radius 2 is 1.97 bits per heavy atom. The summed E-state index contributed by atoms with van der Waals surface area (Å²) in [4.78, 5) is 16.9. The van der Waals surface area contributed by atoms with E-state index < -0.39 is 16.1 Å². The van der Waals surface area contributed by atoms with Crippen LogP contribution >= 0.6 is 11.3 Å². The number of aryl methyl sites for hydroxylation is 2. The van der Waals surface area contributed by atoms with Gasteiger partial charge in [0.1, 0.15) is 10.0 Å². The first-order valence-electron chi connectivity index (χ1n) is 10.3. The van der Waals surface area contributed by atoms with Crippen LogP contribution < -0.4 is 4.72 Å². The second-order valence-electron chi connectivity index (χ2n) is 8.25. The van der Waals surface area contributed by atoms with Crippen molar-refractivity contribution in [3.63, 3.8) is 0 Å². The summed E-state index contributed by atoms with van der Waals surface area (Å²) in [5.41, 5.74) is 4.54. The highest BCUT2D eigenvalue weighted by molar-refractivity contribution is 7.92. The monoisotopic (exact) mass is 475 g/mol. The van der Waals surface area contributed by atoms with Crippen LogP contribution in [0.3, 0.4) is 0 Å². The number of aromatic nitrogens is 2. The summed E-state index contributed by atoms with van der Waals surface area (Å²) >= 11 is 1.21. The molecule has 1 N–H and O–H groups in total. The van der Waals surface area contributed by atoms with Gasteiger partial charge in [-0.25, -0.2) is 22.9 Å². The molecule has 0 aliphatic rings. The van der Waals surface area contributed by atoms with Crippen LogP contribution in [0.4, 0.5) is 4.79 Å². The number of amides is 1. The summed E-state index contributed by atoms with van der Waals surface area (Å²) in [7, 11) is -2.94. The second kappa shape index (κ2) is 9.46. The highest BCUT2D eigenvalue weighted by Gasteiger charge is 2.28. The molecule has 3 rings (SSSR count). The van der Waals surface area contributed by atoms with Crippen LogP contribution in [0.2, 0.25) is 0 Å². The van der Waals surface area contributed by atoms with Gasteiger partial charge in [-0.2, -0.15) is 0 Å². The lowest BCUT2D eigenvalue weighted by Gasteiger charge is -2.13. The molecule has 0 aliphatic carbocycles. The van der Waals surface area contributed by atoms with E-state index in [-0.39, 0.29) is 4.21 Å². The fraction of sp³-hybridized carbons (Fsp3) is 0.391. The molecule has 1 aromatic carbocycles. The summed E-state index contributed by atoms with van der Waals surface area (Å²) in [6.07, 6.45) is 3.46. The Labute approximate surface area is 193 Å². The van der Waals surface area contributed by atoms with Crippen molar-refractivity contribution < 1.29 is 17.9 Å². The van der Waals surface area contributed by atoms with Gasteiger partial charge >= 0.3 is 6.09 Å². The van der Waals surface area contributed by atoms with Crippen LogP contribution in [0.1, 0.15) is 41.2 Å². The van der Waals surface area contributed by atoms with Gasteiger partial charge in [0, 0.05) is 29.4 Å². The normalized spacial score (nSPS) is 11.7. The maximum absolute atomic E-state index is 13.0. The van der Waals surface area contributed by atoms with Crippen LogP contribution in [-0.4, -0.2) is 31.2 Å². The molecule has 32 heavy (non-hydrogen) atoms. The Bertz CT molecular complexity index is 1240. The van der Waals surface area contributed by atoms with Gasteiger partial charge < -0.3 is 9.30 Å². The Kier molecular flexibility index (Phi) is 7.09. The predicted molar refractivity (Wildman–Crippen MR) is 127 cm³/mol. The number of ether oxygens (including phenoxy) is 1. The minimum atomic E-state index is -4.08. The summed E-state index contributed by atoms with van der Waals surface area (Å²) in [6, 6.07) is 5.97. The molecule has 7 nitrogen and oxygen atoms in total. The van der Waals surface area contributed by atoms with Crippen molar-refractivity contribution in [2.75, 3.05) is 7.11 Å². The number of nitrogens with one attached hydrogen (secondary N) is 1. The molecule has 172 valence electrons. The fourth-order valence-electron chi connectivity index (χ4n) is 3.60. The van der Waals surface area contributed by atoms with E-state index in [2.05, 4.69) is 28.1 Å². The van der Waals surface area contributed by atoms with E-state index in [1.807, 2.05) is 49.9 Å². The average Bonchev–Trinajstić information content (AvgIpc) is 3.26. The number of hydrogen-bond acceptors (Lipinski definition) is 6. The predicted octanol–water partition coefficient (Wildman–Crippen LogP) is 4.83. The third-order valence-electron chi connectivity index (χ3n) is 5.35. The summed E-state index contributed by atoms with van der Waals surface area (Å²) in [5.74, 6) is 1.30. The molecule has 3 aromatic rings. The molecule has 0 aliphatic heterocycles. The van der Waals surface area contributed by atoms with Crippen molar-refractivity contribution in [2.24, 2.45) is 5.92 Å². The van der Waals surface area contributed by atoms with Crippen molar-refractivity contribution in [3.8, 4) is 11.1 Å². The quantitative estimate of drug-likeness (QED) is 0.529. The van der Waals surface area contributed by atoms with E-state index in [0.717, 1.165) is 46.5 Å². The molecule has 2 aromatic heterocycles. The standard InChI is InChI=1S/C23H29N3O4S2/c1-14(2)11-20-16(4)21(22(31-20)32(28,29)25-23(27)30-6)18-7-8-19(15(3)12-18)13-26-10-9-24-17(26)5/h7-10,12,14H,11,13H2,1-6H3,(H,25,27). The van der Waals surface area contributed by atoms with E-state index in [1.165, 1.54) is 11.3 Å². The Balaban J connectivity index is 2.09. The first kappa shape index (κ1) is 24.0. The van der Waals surface area contributed by atoms with E-state index >= 15 is 0 Å². The van der Waals surface area contributed by atoms with Gasteiger partial charge in [-0.3, -0.25) is 0 Å². The lowest BCUT2D eigenvalue weighted by Crippen LogP contribution is -2.30. The topological polar surface area (TPSA) is 90.3 Å². The fourth-order valence-corrected chi connectivity index (χ4v) is 6.67. The second-order valence-corrected chi connectivity index (χ2v) is 11.2. The third kappa shape index (κ3) is 5.05. The van der Waals surface area contributed by atoms with Crippen molar-refractivity contribution in [2.45, 2.75) is 51.8 Å². The zero-order valence-corrected chi connectivity index (χ0v) is 20.9. The van der Waals surface area contributed by atoms with Crippen molar-refractivity contribution in [1.82, 2.24) is 14.3 Å². The lowest BCUT2D eigenvalue weighted by atomic mass is 9.97. The van der Waals surface area contributed by atoms with Crippen LogP contribution in [-0.2, 0) is 27.7 Å². The van der Waals surface area contributed by atoms with Crippen molar-refractivity contribution >= 4 is 27.5 Å². The molecular formula is C23H29N3O4S2. The summed E-state index contributed by atoms with van der Waals surface area (Å²) < 4.78 is 34.8. The first-order chi connectivity index (χ1) is 15.0. The van der Waals surface area contributed by atoms with Gasteiger partial charge in [-0.15, -0.1) is 11.3 Å². The zero-order chi connectivity index (χ0) is 23.6. The Hall–Kier alpha value is -2.65. The molecule has 0 unspecified atom stereocenters. The van der Waals surface area contributed by atoms with Gasteiger partial charge in [0.15, 0.2) is 0 Å². The van der Waals surface area contributed by atoms with Crippen LogP contribution in [0.15, 0.2) is 34.8 Å². The van der Waals surface area contributed by atoms with E-state index in [9.17, 15) is 13.2 Å². The number of nitrogens with zero attached hydrogens (tertiary/aromatic N) is 2. The van der Waals surface area contributed by atoms with E-state index in [4.69, 9.17) is 0 Å². The number of methoxy groups -OCH3 is 1. The number of rotatable bonds is 7. The van der Waals surface area contributed by atoms with E-state index in [1.54, 1.807) is 6.20 Å². The van der Waals surface area contributed by atoms with Gasteiger partial charge in [0.2, 0.25) is 0 Å². The number of carbonyl (C=O) groups is 1. The summed E-state index contributed by atoms with van der Waals surface area (Å²) in [6.45, 7) is 10.8. The minimum absolute atomic E-state index is 0.133. The zero-order valence-electron chi connectivity index (χ0n) is 19.2. The number of sulfonamides is 1. The molecule has 0 saturated heterocycles. The minimum Gasteiger partial charge on any atom is -0.452 e. The Morgan fingerprint density at radius 3 is 2.53 bits per heavy atom. The van der Waals surface area contributed by atoms with Gasteiger partial charge in [0.25, 0.3) is 10.0 Å². The number of benzene rings is 1. The largest absolute Gasteiger partial charge is 0.452 e. The molecule has 0 atom stereocenters. The third-order valence-corrected chi connectivity index (χ3v) is 8.49. The van der Waals surface area contributed by atoms with Crippen molar-refractivity contribution in [1.29, 1.82) is 0 Å². The van der Waals surface area contributed by atoms with Crippen LogP contribution in [0, 0.1) is 26.7 Å². The molecule has 2 heterocycles. The lowest BCUT2D eigenvalue weighted by molar-refractivity contribution is 0.177. The first-order valence-corrected chi connectivity index (χ1v) is 12.6.